The molecule has 0 bridgehead atoms. The maximum absolute atomic E-state index is 11.0. The molecule has 102 valence electrons. The van der Waals surface area contributed by atoms with Crippen LogP contribution in [-0.4, -0.2) is 14.9 Å². The number of benzene rings is 1. The highest BCUT2D eigenvalue weighted by molar-refractivity contribution is 5.88. The van der Waals surface area contributed by atoms with Gasteiger partial charge in [-0.3, -0.25) is 15.1 Å². The van der Waals surface area contributed by atoms with E-state index in [9.17, 15) is 10.1 Å². The number of hydrogen-bond donors (Lipinski definition) is 0. The van der Waals surface area contributed by atoms with E-state index in [1.165, 1.54) is 6.07 Å². The van der Waals surface area contributed by atoms with Crippen molar-refractivity contribution in [3.8, 4) is 0 Å². The van der Waals surface area contributed by atoms with Crippen molar-refractivity contribution >= 4 is 28.7 Å². The van der Waals surface area contributed by atoms with Gasteiger partial charge in [0.25, 0.3) is 5.69 Å². The molecule has 0 radical (unpaired) electrons. The molecule has 0 saturated carbocycles. The van der Waals surface area contributed by atoms with Crippen LogP contribution >= 0.6 is 0 Å². The Hall–Kier alpha value is -3.08. The van der Waals surface area contributed by atoms with Crippen molar-refractivity contribution in [3.05, 3.63) is 76.2 Å². The Labute approximate surface area is 120 Å². The van der Waals surface area contributed by atoms with E-state index in [4.69, 9.17) is 0 Å². The van der Waals surface area contributed by atoms with Crippen molar-refractivity contribution in [2.75, 3.05) is 0 Å². The zero-order valence-corrected chi connectivity index (χ0v) is 11.0. The van der Waals surface area contributed by atoms with E-state index in [0.717, 1.165) is 10.9 Å². The van der Waals surface area contributed by atoms with Crippen LogP contribution in [0.5, 0.6) is 0 Å². The number of nitro groups is 1. The van der Waals surface area contributed by atoms with E-state index in [1.54, 1.807) is 18.5 Å². The molecule has 0 N–H and O–H groups in total. The predicted octanol–water partition coefficient (Wildman–Crippen LogP) is 3.71. The first-order valence-corrected chi connectivity index (χ1v) is 6.36. The Bertz CT molecular complexity index is 829. The Morgan fingerprint density at radius 3 is 2.71 bits per heavy atom. The number of rotatable bonds is 3. The molecule has 1 aromatic carbocycles. The maximum atomic E-state index is 11.0. The van der Waals surface area contributed by atoms with E-state index in [0.29, 0.717) is 11.2 Å². The molecule has 3 rings (SSSR count). The molecule has 0 atom stereocenters. The van der Waals surface area contributed by atoms with Gasteiger partial charge >= 0.3 is 0 Å². The number of pyridine rings is 2. The van der Waals surface area contributed by atoms with Gasteiger partial charge in [0, 0.05) is 23.8 Å². The third-order valence-electron chi connectivity index (χ3n) is 3.05. The molecular weight excluding hydrogens is 266 g/mol. The fourth-order valence-electron chi connectivity index (χ4n) is 2.04. The quantitative estimate of drug-likeness (QED) is 0.540. The van der Waals surface area contributed by atoms with Gasteiger partial charge in [-0.05, 0) is 23.8 Å². The molecule has 0 aliphatic carbocycles. The summed E-state index contributed by atoms with van der Waals surface area (Å²) >= 11 is 0. The smallest absolute Gasteiger partial charge is 0.264 e. The highest BCUT2D eigenvalue weighted by Crippen LogP contribution is 2.24. The van der Waals surface area contributed by atoms with Crippen LogP contribution in [0.25, 0.3) is 23.1 Å². The van der Waals surface area contributed by atoms with Crippen molar-refractivity contribution in [1.29, 1.82) is 0 Å². The third-order valence-corrected chi connectivity index (χ3v) is 3.05. The highest BCUT2D eigenvalue weighted by Gasteiger charge is 2.12. The average molecular weight is 277 g/mol. The lowest BCUT2D eigenvalue weighted by Gasteiger charge is -2.00. The van der Waals surface area contributed by atoms with Crippen LogP contribution in [0, 0.1) is 10.1 Å². The van der Waals surface area contributed by atoms with Crippen LogP contribution in [-0.2, 0) is 0 Å². The summed E-state index contributed by atoms with van der Waals surface area (Å²) in [6.45, 7) is 0. The van der Waals surface area contributed by atoms with Gasteiger partial charge in [-0.2, -0.15) is 0 Å². The molecule has 0 aliphatic heterocycles. The number of nitro benzene ring substituents is 1. The normalized spacial score (nSPS) is 11.0. The van der Waals surface area contributed by atoms with Gasteiger partial charge in [0.15, 0.2) is 0 Å². The van der Waals surface area contributed by atoms with Crippen LogP contribution in [0.3, 0.4) is 0 Å². The summed E-state index contributed by atoms with van der Waals surface area (Å²) in [5, 5.41) is 11.8. The SMILES string of the molecule is O=[N+]([O-])c1cccc2ccc(/C=C/c3cccnc3)nc12. The molecule has 5 nitrogen and oxygen atoms in total. The van der Waals surface area contributed by atoms with Crippen LogP contribution in [0.2, 0.25) is 0 Å². The number of nitrogens with zero attached hydrogens (tertiary/aromatic N) is 3. The minimum Gasteiger partial charge on any atom is -0.264 e. The van der Waals surface area contributed by atoms with Gasteiger partial charge in [-0.1, -0.05) is 30.3 Å². The lowest BCUT2D eigenvalue weighted by atomic mass is 10.1. The molecule has 0 saturated heterocycles. The number of non-ortho nitro benzene ring substituents is 1. The van der Waals surface area contributed by atoms with Gasteiger partial charge in [-0.25, -0.2) is 4.98 Å². The van der Waals surface area contributed by atoms with E-state index >= 15 is 0 Å². The Morgan fingerprint density at radius 1 is 1.05 bits per heavy atom. The van der Waals surface area contributed by atoms with Crippen molar-refractivity contribution in [2.24, 2.45) is 0 Å². The molecule has 0 aliphatic rings. The fraction of sp³-hybridized carbons (Fsp3) is 0. The predicted molar refractivity (Wildman–Crippen MR) is 81.6 cm³/mol. The molecule has 21 heavy (non-hydrogen) atoms. The molecule has 3 aromatic rings. The van der Waals surface area contributed by atoms with E-state index < -0.39 is 4.92 Å². The van der Waals surface area contributed by atoms with Crippen LogP contribution in [0.4, 0.5) is 5.69 Å². The number of hydrogen-bond acceptors (Lipinski definition) is 4. The summed E-state index contributed by atoms with van der Waals surface area (Å²) < 4.78 is 0. The summed E-state index contributed by atoms with van der Waals surface area (Å²) in [6.07, 6.45) is 7.12. The molecule has 0 amide bonds. The first-order chi connectivity index (χ1) is 10.2. The number of aromatic nitrogens is 2. The summed E-state index contributed by atoms with van der Waals surface area (Å²) in [6, 6.07) is 12.4. The summed E-state index contributed by atoms with van der Waals surface area (Å²) in [5.74, 6) is 0. The molecule has 0 unspecified atom stereocenters. The maximum Gasteiger partial charge on any atom is 0.295 e. The molecular formula is C16H11N3O2. The van der Waals surface area contributed by atoms with E-state index in [-0.39, 0.29) is 5.69 Å². The second kappa shape index (κ2) is 5.50. The van der Waals surface area contributed by atoms with Crippen molar-refractivity contribution in [3.63, 3.8) is 0 Å². The first-order valence-electron chi connectivity index (χ1n) is 6.36. The van der Waals surface area contributed by atoms with Gasteiger partial charge in [0.2, 0.25) is 0 Å². The lowest BCUT2D eigenvalue weighted by Crippen LogP contribution is -1.92. The van der Waals surface area contributed by atoms with Crippen molar-refractivity contribution in [1.82, 2.24) is 9.97 Å². The standard InChI is InChI=1S/C16H11N3O2/c20-19(21)15-5-1-4-13-7-9-14(18-16(13)15)8-6-12-3-2-10-17-11-12/h1-11H/b8-6+. The zero-order chi connectivity index (χ0) is 14.7. The monoisotopic (exact) mass is 277 g/mol. The number of para-hydroxylation sites is 1. The average Bonchev–Trinajstić information content (AvgIpc) is 2.53. The molecule has 5 heteroatoms. The second-order valence-electron chi connectivity index (χ2n) is 4.46. The molecule has 0 spiro atoms. The Balaban J connectivity index is 2.03. The molecule has 0 fully saturated rings. The van der Waals surface area contributed by atoms with Crippen molar-refractivity contribution < 1.29 is 4.92 Å². The van der Waals surface area contributed by atoms with E-state index in [1.807, 2.05) is 42.5 Å². The zero-order valence-electron chi connectivity index (χ0n) is 11.0. The summed E-state index contributed by atoms with van der Waals surface area (Å²) in [7, 11) is 0. The third kappa shape index (κ3) is 2.76. The Kier molecular flexibility index (Phi) is 3.39. The minimum absolute atomic E-state index is 0.0177. The van der Waals surface area contributed by atoms with Crippen LogP contribution in [0.15, 0.2) is 54.9 Å². The largest absolute Gasteiger partial charge is 0.295 e. The number of fused-ring (bicyclic) bond motifs is 1. The van der Waals surface area contributed by atoms with E-state index in [2.05, 4.69) is 9.97 Å². The van der Waals surface area contributed by atoms with Gasteiger partial charge in [-0.15, -0.1) is 0 Å². The minimum atomic E-state index is -0.413. The second-order valence-corrected chi connectivity index (χ2v) is 4.46. The van der Waals surface area contributed by atoms with Gasteiger partial charge in [0.1, 0.15) is 5.52 Å². The lowest BCUT2D eigenvalue weighted by molar-refractivity contribution is -0.383. The van der Waals surface area contributed by atoms with Crippen LogP contribution in [0.1, 0.15) is 11.3 Å². The summed E-state index contributed by atoms with van der Waals surface area (Å²) in [5.41, 5.74) is 2.03. The van der Waals surface area contributed by atoms with Gasteiger partial charge < -0.3 is 0 Å². The highest BCUT2D eigenvalue weighted by atomic mass is 16.6. The van der Waals surface area contributed by atoms with Crippen molar-refractivity contribution in [2.45, 2.75) is 0 Å². The first kappa shape index (κ1) is 12.9. The van der Waals surface area contributed by atoms with Gasteiger partial charge in [0.05, 0.1) is 10.6 Å². The molecule has 2 aromatic heterocycles. The Morgan fingerprint density at radius 2 is 1.95 bits per heavy atom. The van der Waals surface area contributed by atoms with Crippen LogP contribution < -0.4 is 0 Å². The summed E-state index contributed by atoms with van der Waals surface area (Å²) in [4.78, 5) is 19.0. The molecule has 2 heterocycles. The fourth-order valence-corrected chi connectivity index (χ4v) is 2.04. The topological polar surface area (TPSA) is 68.9 Å².